The van der Waals surface area contributed by atoms with Crippen molar-refractivity contribution in [3.05, 3.63) is 76.8 Å². The van der Waals surface area contributed by atoms with Crippen molar-refractivity contribution in [3.8, 4) is 17.2 Å². The Morgan fingerprint density at radius 3 is 2.07 bits per heavy atom. The third-order valence-corrected chi connectivity index (χ3v) is 8.95. The Bertz CT molecular complexity index is 1560. The van der Waals surface area contributed by atoms with Crippen LogP contribution in [0.5, 0.6) is 17.2 Å². The van der Waals surface area contributed by atoms with Crippen molar-refractivity contribution < 1.29 is 32.2 Å². The molecule has 3 aromatic rings. The Hall–Kier alpha value is -3.96. The molecular formula is C32H40ClN3O7S. The summed E-state index contributed by atoms with van der Waals surface area (Å²) in [6.45, 7) is 7.35. The molecule has 1 unspecified atom stereocenters. The lowest BCUT2D eigenvalue weighted by Gasteiger charge is -2.32. The molecule has 0 saturated carbocycles. The van der Waals surface area contributed by atoms with E-state index in [0.29, 0.717) is 12.3 Å². The van der Waals surface area contributed by atoms with Gasteiger partial charge >= 0.3 is 0 Å². The van der Waals surface area contributed by atoms with Crippen LogP contribution in [-0.2, 0) is 26.2 Å². The van der Waals surface area contributed by atoms with Gasteiger partial charge in [0.05, 0.1) is 31.9 Å². The lowest BCUT2D eigenvalue weighted by atomic mass is 10.1. The summed E-state index contributed by atoms with van der Waals surface area (Å²) in [6.07, 6.45) is 0. The van der Waals surface area contributed by atoms with Crippen molar-refractivity contribution in [2.45, 2.75) is 45.2 Å². The van der Waals surface area contributed by atoms with E-state index in [1.165, 1.54) is 56.6 Å². The number of anilines is 1. The number of benzene rings is 3. The number of ether oxygens (including phenoxy) is 3. The highest BCUT2D eigenvalue weighted by Crippen LogP contribution is 2.37. The first-order valence-corrected chi connectivity index (χ1v) is 15.8. The normalized spacial score (nSPS) is 11.9. The molecule has 0 saturated heterocycles. The fourth-order valence-corrected chi connectivity index (χ4v) is 6.00. The maximum atomic E-state index is 14.3. The van der Waals surface area contributed by atoms with Gasteiger partial charge in [-0.25, -0.2) is 8.42 Å². The number of halogens is 1. The Morgan fingerprint density at radius 2 is 1.48 bits per heavy atom. The van der Waals surface area contributed by atoms with E-state index in [1.807, 2.05) is 45.0 Å². The summed E-state index contributed by atoms with van der Waals surface area (Å²) in [5.74, 6) is -0.0594. The van der Waals surface area contributed by atoms with Crippen LogP contribution in [-0.4, -0.2) is 65.6 Å². The van der Waals surface area contributed by atoms with Crippen LogP contribution in [0.15, 0.2) is 65.6 Å². The first-order chi connectivity index (χ1) is 20.8. The molecule has 2 amide bonds. The van der Waals surface area contributed by atoms with Gasteiger partial charge in [-0.15, -0.1) is 0 Å². The molecule has 0 aliphatic rings. The van der Waals surface area contributed by atoms with Crippen molar-refractivity contribution in [3.63, 3.8) is 0 Å². The van der Waals surface area contributed by atoms with Crippen LogP contribution < -0.4 is 23.8 Å². The van der Waals surface area contributed by atoms with Gasteiger partial charge in [-0.3, -0.25) is 13.9 Å². The summed E-state index contributed by atoms with van der Waals surface area (Å²) >= 11 is 6.31. The predicted molar refractivity (Wildman–Crippen MR) is 171 cm³/mol. The van der Waals surface area contributed by atoms with Gasteiger partial charge in [0.2, 0.25) is 11.8 Å². The van der Waals surface area contributed by atoms with Crippen LogP contribution in [0.3, 0.4) is 0 Å². The van der Waals surface area contributed by atoms with E-state index >= 15 is 0 Å². The van der Waals surface area contributed by atoms with Crippen molar-refractivity contribution in [2.75, 3.05) is 38.7 Å². The molecule has 238 valence electrons. The molecule has 0 spiro atoms. The smallest absolute Gasteiger partial charge is 0.265 e. The number of carbonyl (C=O) groups excluding carboxylic acids is 2. The Kier molecular flexibility index (Phi) is 11.9. The molecule has 0 fully saturated rings. The van der Waals surface area contributed by atoms with E-state index in [9.17, 15) is 18.0 Å². The van der Waals surface area contributed by atoms with Crippen LogP contribution in [0.1, 0.15) is 31.9 Å². The molecular weight excluding hydrogens is 606 g/mol. The van der Waals surface area contributed by atoms with E-state index in [4.69, 9.17) is 25.8 Å². The lowest BCUT2D eigenvalue weighted by Crippen LogP contribution is -2.51. The number of methoxy groups -OCH3 is 3. The monoisotopic (exact) mass is 645 g/mol. The molecule has 3 aromatic carbocycles. The molecule has 1 N–H and O–H groups in total. The number of aryl methyl sites for hydroxylation is 1. The summed E-state index contributed by atoms with van der Waals surface area (Å²) < 4.78 is 45.6. The molecule has 0 bridgehead atoms. The second-order valence-electron chi connectivity index (χ2n) is 10.7. The van der Waals surface area contributed by atoms with Gasteiger partial charge in [0, 0.05) is 24.2 Å². The molecule has 0 radical (unpaired) electrons. The van der Waals surface area contributed by atoms with Crippen LogP contribution in [0, 0.1) is 12.8 Å². The maximum Gasteiger partial charge on any atom is 0.265 e. The number of rotatable bonds is 14. The largest absolute Gasteiger partial charge is 0.495 e. The number of hydrogen-bond donors (Lipinski definition) is 1. The standard InChI is InChI=1S/C32H40ClN3O7S/c1-21(2)18-34-32(38)23(4)35(19-24-10-8-22(3)9-11-24)31(37)20-36(27-16-25(33)12-14-28(27)41-5)44(39,40)26-13-15-29(42-6)30(17-26)43-7/h8-17,21,23H,18-20H2,1-7H3,(H,34,38). The molecule has 1 atom stereocenters. The van der Waals surface area contributed by atoms with E-state index < -0.39 is 28.5 Å². The SMILES string of the molecule is COc1ccc(S(=O)(=O)N(CC(=O)N(Cc2ccc(C)cc2)C(C)C(=O)NCC(C)C)c2cc(Cl)ccc2OC)cc1OC. The molecule has 0 aliphatic carbocycles. The Balaban J connectivity index is 2.13. The van der Waals surface area contributed by atoms with Gasteiger partial charge < -0.3 is 24.4 Å². The second-order valence-corrected chi connectivity index (χ2v) is 13.0. The number of nitrogens with one attached hydrogen (secondary N) is 1. The fourth-order valence-electron chi connectivity index (χ4n) is 4.40. The minimum atomic E-state index is -4.42. The minimum absolute atomic E-state index is 0.0512. The van der Waals surface area contributed by atoms with Gasteiger partial charge in [-0.1, -0.05) is 55.3 Å². The first kappa shape index (κ1) is 34.5. The summed E-state index contributed by atoms with van der Waals surface area (Å²) in [5.41, 5.74) is 1.87. The summed E-state index contributed by atoms with van der Waals surface area (Å²) in [4.78, 5) is 28.6. The Morgan fingerprint density at radius 1 is 0.864 bits per heavy atom. The number of amides is 2. The zero-order valence-electron chi connectivity index (χ0n) is 26.1. The second kappa shape index (κ2) is 15.2. The van der Waals surface area contributed by atoms with Gasteiger partial charge in [0.15, 0.2) is 11.5 Å². The molecule has 44 heavy (non-hydrogen) atoms. The maximum absolute atomic E-state index is 14.3. The van der Waals surface area contributed by atoms with Crippen LogP contribution in [0.4, 0.5) is 5.69 Å². The molecule has 0 aliphatic heterocycles. The minimum Gasteiger partial charge on any atom is -0.495 e. The topological polar surface area (TPSA) is 114 Å². The van der Waals surface area contributed by atoms with Crippen molar-refractivity contribution in [2.24, 2.45) is 5.92 Å². The third-order valence-electron chi connectivity index (χ3n) is 6.96. The first-order valence-electron chi connectivity index (χ1n) is 14.0. The number of sulfonamides is 1. The van der Waals surface area contributed by atoms with E-state index in [2.05, 4.69) is 5.32 Å². The predicted octanol–water partition coefficient (Wildman–Crippen LogP) is 5.06. The molecule has 0 heterocycles. The van der Waals surface area contributed by atoms with Gasteiger partial charge in [-0.2, -0.15) is 0 Å². The number of carbonyl (C=O) groups is 2. The molecule has 12 heteroatoms. The average Bonchev–Trinajstić information content (AvgIpc) is 3.01. The van der Waals surface area contributed by atoms with Crippen molar-refractivity contribution in [1.29, 1.82) is 0 Å². The quantitative estimate of drug-likeness (QED) is 0.261. The van der Waals surface area contributed by atoms with E-state index in [-0.39, 0.29) is 45.5 Å². The van der Waals surface area contributed by atoms with Crippen molar-refractivity contribution in [1.82, 2.24) is 10.2 Å². The van der Waals surface area contributed by atoms with Crippen LogP contribution >= 0.6 is 11.6 Å². The summed E-state index contributed by atoms with van der Waals surface area (Å²) in [7, 11) is -0.202. The number of nitrogens with zero attached hydrogens (tertiary/aromatic N) is 2. The van der Waals surface area contributed by atoms with Crippen LogP contribution in [0.2, 0.25) is 5.02 Å². The summed E-state index contributed by atoms with van der Waals surface area (Å²) in [6, 6.07) is 15.3. The fraction of sp³-hybridized carbons (Fsp3) is 0.375. The summed E-state index contributed by atoms with van der Waals surface area (Å²) in [5, 5.41) is 3.11. The Labute approximate surface area is 264 Å². The van der Waals surface area contributed by atoms with Crippen molar-refractivity contribution >= 4 is 39.1 Å². The van der Waals surface area contributed by atoms with E-state index in [1.54, 1.807) is 13.0 Å². The van der Waals surface area contributed by atoms with Crippen LogP contribution in [0.25, 0.3) is 0 Å². The highest BCUT2D eigenvalue weighted by atomic mass is 35.5. The van der Waals surface area contributed by atoms with Gasteiger partial charge in [0.1, 0.15) is 18.3 Å². The molecule has 0 aromatic heterocycles. The molecule has 3 rings (SSSR count). The zero-order valence-corrected chi connectivity index (χ0v) is 27.7. The zero-order chi connectivity index (χ0) is 32.6. The third kappa shape index (κ3) is 8.35. The highest BCUT2D eigenvalue weighted by Gasteiger charge is 2.34. The highest BCUT2D eigenvalue weighted by molar-refractivity contribution is 7.92. The van der Waals surface area contributed by atoms with Gasteiger partial charge in [0.25, 0.3) is 10.0 Å². The van der Waals surface area contributed by atoms with Gasteiger partial charge in [-0.05, 0) is 55.7 Å². The average molecular weight is 646 g/mol. The molecule has 10 nitrogen and oxygen atoms in total. The lowest BCUT2D eigenvalue weighted by molar-refractivity contribution is -0.139. The number of hydrogen-bond acceptors (Lipinski definition) is 7. The van der Waals surface area contributed by atoms with E-state index in [0.717, 1.165) is 15.4 Å².